The zero-order chi connectivity index (χ0) is 10.1. The highest BCUT2D eigenvalue weighted by atomic mass is 32.1. The van der Waals surface area contributed by atoms with Gasteiger partial charge in [0.25, 0.3) is 0 Å². The number of nitrogens with zero attached hydrogens (tertiary/aromatic N) is 1. The molecule has 0 spiro atoms. The molecule has 0 aliphatic carbocycles. The molecular formula is C10H13N3S. The number of nitrogens with one attached hydrogen (secondary N) is 1. The Bertz CT molecular complexity index is 448. The van der Waals surface area contributed by atoms with E-state index in [9.17, 15) is 0 Å². The van der Waals surface area contributed by atoms with E-state index in [2.05, 4.69) is 24.1 Å². The van der Waals surface area contributed by atoms with E-state index in [1.807, 2.05) is 18.2 Å². The Morgan fingerprint density at radius 1 is 1.43 bits per heavy atom. The van der Waals surface area contributed by atoms with E-state index in [1.165, 1.54) is 4.70 Å². The summed E-state index contributed by atoms with van der Waals surface area (Å²) < 4.78 is 1.17. The van der Waals surface area contributed by atoms with Crippen molar-refractivity contribution in [3.05, 3.63) is 18.2 Å². The molecule has 0 saturated heterocycles. The van der Waals surface area contributed by atoms with Gasteiger partial charge in [0.05, 0.1) is 10.2 Å². The lowest BCUT2D eigenvalue weighted by atomic mass is 10.3. The summed E-state index contributed by atoms with van der Waals surface area (Å²) in [5.74, 6) is 0. The summed E-state index contributed by atoms with van der Waals surface area (Å²) in [5.41, 5.74) is 7.41. The molecule has 1 heterocycles. The minimum atomic E-state index is 0.410. The Hall–Kier alpha value is -1.29. The van der Waals surface area contributed by atoms with Crippen LogP contribution in [0.5, 0.6) is 0 Å². The first-order valence-electron chi connectivity index (χ1n) is 4.58. The van der Waals surface area contributed by atoms with Crippen molar-refractivity contribution in [3.63, 3.8) is 0 Å². The number of anilines is 2. The summed E-state index contributed by atoms with van der Waals surface area (Å²) in [6.07, 6.45) is 0. The molecule has 0 fully saturated rings. The predicted molar refractivity (Wildman–Crippen MR) is 62.8 cm³/mol. The maximum Gasteiger partial charge on any atom is 0.183 e. The average molecular weight is 207 g/mol. The number of nitrogen functional groups attached to an aromatic ring is 1. The van der Waals surface area contributed by atoms with Gasteiger partial charge in [-0.2, -0.15) is 0 Å². The number of aromatic nitrogens is 1. The minimum Gasteiger partial charge on any atom is -0.399 e. The van der Waals surface area contributed by atoms with Crippen molar-refractivity contribution in [1.29, 1.82) is 0 Å². The molecule has 0 bridgehead atoms. The molecule has 14 heavy (non-hydrogen) atoms. The van der Waals surface area contributed by atoms with Gasteiger partial charge in [0.15, 0.2) is 5.13 Å². The molecule has 3 N–H and O–H groups in total. The Morgan fingerprint density at radius 3 is 2.93 bits per heavy atom. The molecule has 3 nitrogen and oxygen atoms in total. The van der Waals surface area contributed by atoms with E-state index >= 15 is 0 Å². The van der Waals surface area contributed by atoms with Crippen molar-refractivity contribution in [3.8, 4) is 0 Å². The van der Waals surface area contributed by atoms with Crippen LogP contribution in [0.15, 0.2) is 18.2 Å². The number of hydrogen-bond donors (Lipinski definition) is 2. The normalized spacial score (nSPS) is 11.1. The molecule has 74 valence electrons. The second-order valence-electron chi connectivity index (χ2n) is 3.55. The fourth-order valence-electron chi connectivity index (χ4n) is 1.25. The van der Waals surface area contributed by atoms with Crippen molar-refractivity contribution in [2.24, 2.45) is 0 Å². The van der Waals surface area contributed by atoms with Crippen LogP contribution in [0.4, 0.5) is 10.8 Å². The maximum absolute atomic E-state index is 5.68. The molecule has 2 rings (SSSR count). The lowest BCUT2D eigenvalue weighted by Crippen LogP contribution is -2.08. The summed E-state index contributed by atoms with van der Waals surface area (Å²) in [7, 11) is 0. The van der Waals surface area contributed by atoms with Crippen molar-refractivity contribution in [1.82, 2.24) is 4.98 Å². The molecule has 0 unspecified atom stereocenters. The minimum absolute atomic E-state index is 0.410. The summed E-state index contributed by atoms with van der Waals surface area (Å²) in [6, 6.07) is 6.22. The molecule has 1 aromatic carbocycles. The molecule has 1 aromatic heterocycles. The second-order valence-corrected chi connectivity index (χ2v) is 4.58. The number of benzene rings is 1. The van der Waals surface area contributed by atoms with Gasteiger partial charge in [0, 0.05) is 11.7 Å². The first-order valence-corrected chi connectivity index (χ1v) is 5.39. The van der Waals surface area contributed by atoms with E-state index in [0.717, 1.165) is 16.3 Å². The van der Waals surface area contributed by atoms with Gasteiger partial charge in [-0.3, -0.25) is 0 Å². The van der Waals surface area contributed by atoms with Crippen LogP contribution in [0.1, 0.15) is 13.8 Å². The second kappa shape index (κ2) is 3.46. The molecule has 4 heteroatoms. The number of thiazole rings is 1. The van der Waals surface area contributed by atoms with E-state index in [0.29, 0.717) is 6.04 Å². The number of rotatable bonds is 2. The highest BCUT2D eigenvalue weighted by Crippen LogP contribution is 2.27. The number of nitrogens with two attached hydrogens (primary N) is 1. The standard InChI is InChI=1S/C10H13N3S/c1-6(2)12-10-13-8-5-7(11)3-4-9(8)14-10/h3-6H,11H2,1-2H3,(H,12,13). The van der Waals surface area contributed by atoms with Crippen LogP contribution in [-0.4, -0.2) is 11.0 Å². The summed E-state index contributed by atoms with van der Waals surface area (Å²) in [4.78, 5) is 4.44. The van der Waals surface area contributed by atoms with Gasteiger partial charge in [-0.1, -0.05) is 11.3 Å². The molecule has 0 saturated carbocycles. The van der Waals surface area contributed by atoms with Crippen molar-refractivity contribution in [2.45, 2.75) is 19.9 Å². The highest BCUT2D eigenvalue weighted by Gasteiger charge is 2.04. The number of fused-ring (bicyclic) bond motifs is 1. The van der Waals surface area contributed by atoms with E-state index < -0.39 is 0 Å². The van der Waals surface area contributed by atoms with Crippen LogP contribution < -0.4 is 11.1 Å². The van der Waals surface area contributed by atoms with Crippen molar-refractivity contribution in [2.75, 3.05) is 11.1 Å². The molecule has 0 aliphatic heterocycles. The van der Waals surface area contributed by atoms with Crippen LogP contribution in [0.25, 0.3) is 10.2 Å². The number of hydrogen-bond acceptors (Lipinski definition) is 4. The molecule has 0 aliphatic rings. The third-order valence-electron chi connectivity index (χ3n) is 1.82. The SMILES string of the molecule is CC(C)Nc1nc2cc(N)ccc2s1. The maximum atomic E-state index is 5.68. The third-order valence-corrected chi connectivity index (χ3v) is 2.79. The predicted octanol–water partition coefficient (Wildman–Crippen LogP) is 2.70. The Morgan fingerprint density at radius 2 is 2.21 bits per heavy atom. The van der Waals surface area contributed by atoms with Crippen LogP contribution in [-0.2, 0) is 0 Å². The Balaban J connectivity index is 2.41. The topological polar surface area (TPSA) is 50.9 Å². The van der Waals surface area contributed by atoms with Gasteiger partial charge in [-0.05, 0) is 32.0 Å². The quantitative estimate of drug-likeness (QED) is 0.744. The van der Waals surface area contributed by atoms with Crippen LogP contribution in [0, 0.1) is 0 Å². The fourth-order valence-corrected chi connectivity index (χ4v) is 2.25. The van der Waals surface area contributed by atoms with Gasteiger partial charge in [-0.25, -0.2) is 4.98 Å². The molecule has 2 aromatic rings. The highest BCUT2D eigenvalue weighted by molar-refractivity contribution is 7.22. The molecule has 0 radical (unpaired) electrons. The fraction of sp³-hybridized carbons (Fsp3) is 0.300. The zero-order valence-electron chi connectivity index (χ0n) is 8.24. The lowest BCUT2D eigenvalue weighted by Gasteiger charge is -2.03. The first kappa shape index (κ1) is 9.27. The Labute approximate surface area is 87.0 Å². The average Bonchev–Trinajstić information content (AvgIpc) is 2.44. The first-order chi connectivity index (χ1) is 6.65. The molecular weight excluding hydrogens is 194 g/mol. The van der Waals surface area contributed by atoms with Gasteiger partial charge in [0.2, 0.25) is 0 Å². The summed E-state index contributed by atoms with van der Waals surface area (Å²) in [5, 5.41) is 4.24. The van der Waals surface area contributed by atoms with Gasteiger partial charge in [0.1, 0.15) is 0 Å². The Kier molecular flexibility index (Phi) is 2.29. The zero-order valence-corrected chi connectivity index (χ0v) is 9.06. The van der Waals surface area contributed by atoms with Gasteiger partial charge in [-0.15, -0.1) is 0 Å². The molecule has 0 atom stereocenters. The van der Waals surface area contributed by atoms with E-state index in [-0.39, 0.29) is 0 Å². The van der Waals surface area contributed by atoms with Crippen LogP contribution in [0.3, 0.4) is 0 Å². The van der Waals surface area contributed by atoms with Crippen LogP contribution in [0.2, 0.25) is 0 Å². The van der Waals surface area contributed by atoms with Crippen LogP contribution >= 0.6 is 11.3 Å². The van der Waals surface area contributed by atoms with Gasteiger partial charge >= 0.3 is 0 Å². The van der Waals surface area contributed by atoms with Gasteiger partial charge < -0.3 is 11.1 Å². The molecule has 0 amide bonds. The smallest absolute Gasteiger partial charge is 0.183 e. The third kappa shape index (κ3) is 1.80. The van der Waals surface area contributed by atoms with Crippen molar-refractivity contribution < 1.29 is 0 Å². The van der Waals surface area contributed by atoms with E-state index in [1.54, 1.807) is 11.3 Å². The monoisotopic (exact) mass is 207 g/mol. The largest absolute Gasteiger partial charge is 0.399 e. The summed E-state index contributed by atoms with van der Waals surface area (Å²) >= 11 is 1.66. The lowest BCUT2D eigenvalue weighted by molar-refractivity contribution is 0.897. The van der Waals surface area contributed by atoms with E-state index in [4.69, 9.17) is 5.73 Å². The summed E-state index contributed by atoms with van der Waals surface area (Å²) in [6.45, 7) is 4.20. The van der Waals surface area contributed by atoms with Crippen molar-refractivity contribution >= 4 is 32.4 Å².